The van der Waals surface area contributed by atoms with E-state index in [1.807, 2.05) is 0 Å². The Kier molecular flexibility index (Phi) is 8.64. The van der Waals surface area contributed by atoms with Crippen LogP contribution >= 0.6 is 0 Å². The lowest BCUT2D eigenvalue weighted by molar-refractivity contribution is -0.392. The summed E-state index contributed by atoms with van der Waals surface area (Å²) in [5.41, 5.74) is -9.31. The first kappa shape index (κ1) is 34.3. The maximum Gasteiger partial charge on any atom is 0.430 e. The van der Waals surface area contributed by atoms with Crippen LogP contribution in [0, 0.1) is 23.4 Å². The van der Waals surface area contributed by atoms with Crippen LogP contribution in [0.1, 0.15) is 43.9 Å². The normalized spacial score (nSPS) is 19.3. The second-order valence-corrected chi connectivity index (χ2v) is 13.6. The molecule has 4 rings (SSSR count). The van der Waals surface area contributed by atoms with Crippen molar-refractivity contribution in [2.75, 3.05) is 0 Å². The lowest BCUT2D eigenvalue weighted by Crippen LogP contribution is -2.56. The van der Waals surface area contributed by atoms with E-state index in [1.165, 1.54) is 20.8 Å². The zero-order valence-corrected chi connectivity index (χ0v) is 24.5. The van der Waals surface area contributed by atoms with Gasteiger partial charge in [-0.3, -0.25) is 4.79 Å². The van der Waals surface area contributed by atoms with Gasteiger partial charge in [0.05, 0.1) is 17.4 Å². The van der Waals surface area contributed by atoms with E-state index in [0.29, 0.717) is 36.4 Å². The fourth-order valence-electron chi connectivity index (χ4n) is 5.06. The number of rotatable bonds is 8. The summed E-state index contributed by atoms with van der Waals surface area (Å²) < 4.78 is 163. The van der Waals surface area contributed by atoms with Crippen molar-refractivity contribution in [2.45, 2.75) is 67.0 Å². The minimum atomic E-state index is -6.23. The highest BCUT2D eigenvalue weighted by Crippen LogP contribution is 2.61. The Labute approximate surface area is 251 Å². The number of carbonyl (C=O) groups excluding carboxylic acids is 1. The van der Waals surface area contributed by atoms with Gasteiger partial charge >= 0.3 is 18.3 Å². The third kappa shape index (κ3) is 6.03. The molecular weight excluding hydrogens is 643 g/mol. The van der Waals surface area contributed by atoms with Crippen molar-refractivity contribution in [2.24, 2.45) is 5.92 Å². The number of benzene rings is 3. The fraction of sp³-hybridized carbons (Fsp3) is 0.367. The van der Waals surface area contributed by atoms with Crippen molar-refractivity contribution in [1.29, 1.82) is 0 Å². The number of ether oxygens (including phenoxy) is 2. The average Bonchev–Trinajstić information content (AvgIpc) is 3.67. The van der Waals surface area contributed by atoms with Crippen molar-refractivity contribution in [3.63, 3.8) is 0 Å². The molecule has 3 aromatic carbocycles. The van der Waals surface area contributed by atoms with Crippen LogP contribution in [0.25, 0.3) is 0 Å². The van der Waals surface area contributed by atoms with Gasteiger partial charge in [0, 0.05) is 11.1 Å². The largest absolute Gasteiger partial charge is 0.460 e. The van der Waals surface area contributed by atoms with Gasteiger partial charge in [0.2, 0.25) is 0 Å². The average molecular weight is 669 g/mol. The van der Waals surface area contributed by atoms with Crippen LogP contribution < -0.4 is 0 Å². The van der Waals surface area contributed by atoms with Gasteiger partial charge < -0.3 is 9.47 Å². The van der Waals surface area contributed by atoms with Crippen LogP contribution in [-0.4, -0.2) is 32.3 Å². The van der Waals surface area contributed by atoms with Gasteiger partial charge in [-0.1, -0.05) is 30.3 Å². The molecule has 0 bridgehead atoms. The number of carbonyl (C=O) groups is 1. The molecule has 0 unspecified atom stereocenters. The van der Waals surface area contributed by atoms with Gasteiger partial charge in [-0.2, -0.15) is 26.3 Å². The van der Waals surface area contributed by atoms with Crippen molar-refractivity contribution in [3.8, 4) is 0 Å². The third-order valence-electron chi connectivity index (χ3n) is 7.28. The van der Waals surface area contributed by atoms with Gasteiger partial charge in [-0.15, -0.1) is 0 Å². The summed E-state index contributed by atoms with van der Waals surface area (Å²) in [6.07, 6.45) is -12.9. The zero-order valence-electron chi connectivity index (χ0n) is 23.7. The van der Waals surface area contributed by atoms with Crippen LogP contribution in [0.5, 0.6) is 0 Å². The highest BCUT2D eigenvalue weighted by Gasteiger charge is 2.74. The smallest absolute Gasteiger partial charge is 0.430 e. The maximum atomic E-state index is 14.4. The van der Waals surface area contributed by atoms with E-state index in [-0.39, 0.29) is 5.56 Å². The summed E-state index contributed by atoms with van der Waals surface area (Å²) in [5.74, 6) is -6.10. The number of alkyl halides is 6. The van der Waals surface area contributed by atoms with E-state index in [0.717, 1.165) is 30.3 Å². The summed E-state index contributed by atoms with van der Waals surface area (Å²) >= 11 is 0. The first-order valence-electron chi connectivity index (χ1n) is 13.1. The molecule has 0 heterocycles. The summed E-state index contributed by atoms with van der Waals surface area (Å²) in [4.78, 5) is 12.5. The molecule has 0 saturated heterocycles. The molecule has 0 radical (unpaired) electrons. The number of halogens is 9. The van der Waals surface area contributed by atoms with Crippen molar-refractivity contribution in [1.82, 2.24) is 0 Å². The predicted molar refractivity (Wildman–Crippen MR) is 141 cm³/mol. The number of hydrogen-bond donors (Lipinski definition) is 0. The minimum Gasteiger partial charge on any atom is -0.460 e. The molecule has 0 aliphatic heterocycles. The first-order chi connectivity index (χ1) is 20.6. The van der Waals surface area contributed by atoms with E-state index in [2.05, 4.69) is 4.74 Å². The van der Waals surface area contributed by atoms with Gasteiger partial charge in [0.1, 0.15) is 27.8 Å². The zero-order chi connectivity index (χ0) is 33.8. The predicted octanol–water partition coefficient (Wildman–Crippen LogP) is 7.67. The maximum absolute atomic E-state index is 14.4. The van der Waals surface area contributed by atoms with Gasteiger partial charge in [0.25, 0.3) is 5.60 Å². The van der Waals surface area contributed by atoms with E-state index >= 15 is 0 Å². The van der Waals surface area contributed by atoms with Crippen molar-refractivity contribution < 1.29 is 62.2 Å². The summed E-state index contributed by atoms with van der Waals surface area (Å²) in [6, 6.07) is 7.52. The topological polar surface area (TPSA) is 69.7 Å². The molecular formula is C30H25F9O5S. The number of esters is 1. The quantitative estimate of drug-likeness (QED) is 0.140. The van der Waals surface area contributed by atoms with Gasteiger partial charge in [0.15, 0.2) is 9.84 Å². The minimum absolute atomic E-state index is 0.320. The molecule has 15 heteroatoms. The van der Waals surface area contributed by atoms with Crippen molar-refractivity contribution >= 4 is 15.8 Å². The molecule has 5 nitrogen and oxygen atoms in total. The lowest BCUT2D eigenvalue weighted by Gasteiger charge is -2.37. The molecule has 1 fully saturated rings. The molecule has 0 N–H and O–H groups in total. The van der Waals surface area contributed by atoms with Crippen LogP contribution in [0.2, 0.25) is 0 Å². The van der Waals surface area contributed by atoms with E-state index < -0.39 is 96.5 Å². The van der Waals surface area contributed by atoms with Gasteiger partial charge in [-0.05, 0) is 69.2 Å². The first-order valence-corrected chi connectivity index (χ1v) is 14.6. The fourth-order valence-corrected chi connectivity index (χ4v) is 7.28. The Morgan fingerprint density at radius 2 is 1.33 bits per heavy atom. The summed E-state index contributed by atoms with van der Waals surface area (Å²) in [7, 11) is -4.63. The Balaban J connectivity index is 1.85. The standard InChI is InChI=1S/C30H25F9O5S/c1-26(2,3)44-25(40)22-15-27(22,45(41,42)20-13-11-19(31)12-14-20)17-7-9-18(10-8-17)28(29(34,35)36,30(37,38)39)43-16-21-23(32)5-4-6-24(21)33/h4-14,22H,15-16H2,1-3H3/t22-,27-/m1/s1. The Hall–Kier alpha value is -3.59. The van der Waals surface area contributed by atoms with Crippen LogP contribution in [-0.2, 0) is 41.1 Å². The second-order valence-electron chi connectivity index (χ2n) is 11.4. The third-order valence-corrected chi connectivity index (χ3v) is 9.82. The second kappa shape index (κ2) is 11.3. The molecule has 0 amide bonds. The molecule has 3 aromatic rings. The van der Waals surface area contributed by atoms with Crippen LogP contribution in [0.4, 0.5) is 39.5 Å². The summed E-state index contributed by atoms with van der Waals surface area (Å²) in [6.45, 7) is 2.72. The van der Waals surface area contributed by atoms with Crippen LogP contribution in [0.3, 0.4) is 0 Å². The molecule has 0 spiro atoms. The Morgan fingerprint density at radius 3 is 1.80 bits per heavy atom. The van der Waals surface area contributed by atoms with Crippen molar-refractivity contribution in [3.05, 3.63) is 101 Å². The molecule has 1 aliphatic rings. The Bertz CT molecular complexity index is 1640. The lowest BCUT2D eigenvalue weighted by atomic mass is 9.90. The Morgan fingerprint density at radius 1 is 0.822 bits per heavy atom. The SMILES string of the molecule is CC(C)(C)OC(=O)[C@H]1C[C@]1(c1ccc(C(OCc2c(F)cccc2F)(C(F)(F)F)C(F)(F)F)cc1)S(=O)(=O)c1ccc(F)cc1. The molecule has 1 saturated carbocycles. The van der Waals surface area contributed by atoms with Gasteiger partial charge in [-0.25, -0.2) is 21.6 Å². The van der Waals surface area contributed by atoms with E-state index in [1.54, 1.807) is 0 Å². The van der Waals surface area contributed by atoms with E-state index in [4.69, 9.17) is 4.74 Å². The highest BCUT2D eigenvalue weighted by atomic mass is 32.2. The van der Waals surface area contributed by atoms with Crippen LogP contribution in [0.15, 0.2) is 71.6 Å². The molecule has 244 valence electrons. The molecule has 1 aliphatic carbocycles. The number of sulfone groups is 1. The molecule has 0 aromatic heterocycles. The monoisotopic (exact) mass is 668 g/mol. The number of hydrogen-bond acceptors (Lipinski definition) is 5. The molecule has 45 heavy (non-hydrogen) atoms. The highest BCUT2D eigenvalue weighted by molar-refractivity contribution is 7.92. The van der Waals surface area contributed by atoms with E-state index in [9.17, 15) is 52.7 Å². The summed E-state index contributed by atoms with van der Waals surface area (Å²) in [5, 5.41) is 0. The molecule has 2 atom stereocenters.